The molecule has 0 aromatic carbocycles. The molecule has 1 aromatic rings. The largest absolute Gasteiger partial charge is 0.310 e. The molecule has 1 N–H and O–H groups in total. The van der Waals surface area contributed by atoms with Gasteiger partial charge in [0.15, 0.2) is 0 Å². The SMILES string of the molecule is CCNC1CCCc2c(Cl)sc(Cl)c21. The molecule has 14 heavy (non-hydrogen) atoms. The van der Waals surface area contributed by atoms with Gasteiger partial charge in [0.25, 0.3) is 0 Å². The van der Waals surface area contributed by atoms with E-state index in [0.29, 0.717) is 6.04 Å². The van der Waals surface area contributed by atoms with Crippen LogP contribution in [0.3, 0.4) is 0 Å². The fraction of sp³-hybridized carbons (Fsp3) is 0.600. The fourth-order valence-electron chi connectivity index (χ4n) is 2.08. The highest BCUT2D eigenvalue weighted by Gasteiger charge is 2.26. The van der Waals surface area contributed by atoms with E-state index in [4.69, 9.17) is 23.2 Å². The standard InChI is InChI=1S/C10H13Cl2NS/c1-2-13-7-5-3-4-6-8(7)10(12)14-9(6)11/h7,13H,2-5H2,1H3. The van der Waals surface area contributed by atoms with Gasteiger partial charge in [0.1, 0.15) is 0 Å². The highest BCUT2D eigenvalue weighted by molar-refractivity contribution is 7.20. The summed E-state index contributed by atoms with van der Waals surface area (Å²) in [6, 6.07) is 0.417. The zero-order valence-electron chi connectivity index (χ0n) is 8.07. The summed E-state index contributed by atoms with van der Waals surface area (Å²) in [6.07, 6.45) is 3.46. The quantitative estimate of drug-likeness (QED) is 0.835. The van der Waals surface area contributed by atoms with E-state index in [9.17, 15) is 0 Å². The molecule has 1 unspecified atom stereocenters. The Balaban J connectivity index is 2.37. The molecule has 0 saturated heterocycles. The summed E-state index contributed by atoms with van der Waals surface area (Å²) >= 11 is 13.8. The van der Waals surface area contributed by atoms with E-state index in [1.54, 1.807) is 0 Å². The average Bonchev–Trinajstić information content (AvgIpc) is 2.44. The van der Waals surface area contributed by atoms with Crippen molar-refractivity contribution in [3.63, 3.8) is 0 Å². The first-order valence-electron chi connectivity index (χ1n) is 4.94. The first-order chi connectivity index (χ1) is 6.74. The molecule has 0 spiro atoms. The first kappa shape index (κ1) is 10.7. The summed E-state index contributed by atoms with van der Waals surface area (Å²) in [5.41, 5.74) is 2.54. The van der Waals surface area contributed by atoms with Gasteiger partial charge in [0, 0.05) is 11.6 Å². The Morgan fingerprint density at radius 3 is 2.93 bits per heavy atom. The molecule has 1 atom stereocenters. The summed E-state index contributed by atoms with van der Waals surface area (Å²) in [6.45, 7) is 3.10. The van der Waals surface area contributed by atoms with Gasteiger partial charge in [-0.2, -0.15) is 0 Å². The third kappa shape index (κ3) is 1.81. The van der Waals surface area contributed by atoms with E-state index in [0.717, 1.165) is 21.6 Å². The molecule has 0 aliphatic heterocycles. The Labute approximate surface area is 98.4 Å². The molecule has 0 saturated carbocycles. The number of hydrogen-bond donors (Lipinski definition) is 1. The first-order valence-corrected chi connectivity index (χ1v) is 6.51. The lowest BCUT2D eigenvalue weighted by atomic mass is 9.91. The van der Waals surface area contributed by atoms with E-state index in [1.165, 1.54) is 35.3 Å². The third-order valence-corrected chi connectivity index (χ3v) is 4.39. The maximum Gasteiger partial charge on any atom is 0.0994 e. The van der Waals surface area contributed by atoms with E-state index in [1.807, 2.05) is 0 Å². The van der Waals surface area contributed by atoms with Gasteiger partial charge in [-0.25, -0.2) is 0 Å². The number of hydrogen-bond acceptors (Lipinski definition) is 2. The van der Waals surface area contributed by atoms with Crippen LogP contribution in [0.4, 0.5) is 0 Å². The molecule has 1 heterocycles. The second-order valence-electron chi connectivity index (χ2n) is 3.54. The molecule has 0 fully saturated rings. The van der Waals surface area contributed by atoms with Crippen LogP contribution < -0.4 is 5.32 Å². The van der Waals surface area contributed by atoms with Crippen molar-refractivity contribution in [3.8, 4) is 0 Å². The van der Waals surface area contributed by atoms with Crippen molar-refractivity contribution < 1.29 is 0 Å². The Hall–Kier alpha value is 0.240. The molecule has 1 aliphatic rings. The molecule has 2 rings (SSSR count). The topological polar surface area (TPSA) is 12.0 Å². The third-order valence-electron chi connectivity index (χ3n) is 2.67. The fourth-order valence-corrected chi connectivity index (χ4v) is 3.97. The van der Waals surface area contributed by atoms with E-state index in [2.05, 4.69) is 12.2 Å². The lowest BCUT2D eigenvalue weighted by Crippen LogP contribution is -2.24. The molecule has 78 valence electrons. The van der Waals surface area contributed by atoms with Crippen molar-refractivity contribution in [1.82, 2.24) is 5.32 Å². The van der Waals surface area contributed by atoms with Crippen molar-refractivity contribution in [1.29, 1.82) is 0 Å². The summed E-state index contributed by atoms with van der Waals surface area (Å²) in [7, 11) is 0. The minimum absolute atomic E-state index is 0.417. The minimum Gasteiger partial charge on any atom is -0.310 e. The molecule has 1 aliphatic carbocycles. The number of nitrogens with one attached hydrogen (secondary N) is 1. The van der Waals surface area contributed by atoms with Crippen molar-refractivity contribution in [2.75, 3.05) is 6.54 Å². The van der Waals surface area contributed by atoms with Gasteiger partial charge in [0.05, 0.1) is 8.67 Å². The van der Waals surface area contributed by atoms with Gasteiger partial charge in [-0.05, 0) is 31.4 Å². The lowest BCUT2D eigenvalue weighted by molar-refractivity contribution is 0.474. The summed E-state index contributed by atoms with van der Waals surface area (Å²) in [5, 5.41) is 3.46. The highest BCUT2D eigenvalue weighted by atomic mass is 35.5. The normalized spacial score (nSPS) is 20.9. The van der Waals surface area contributed by atoms with Crippen molar-refractivity contribution >= 4 is 34.5 Å². The summed E-state index contributed by atoms with van der Waals surface area (Å²) < 4.78 is 1.75. The van der Waals surface area contributed by atoms with Gasteiger partial charge in [-0.15, -0.1) is 11.3 Å². The van der Waals surface area contributed by atoms with Crippen LogP contribution in [-0.2, 0) is 6.42 Å². The highest BCUT2D eigenvalue weighted by Crippen LogP contribution is 2.44. The van der Waals surface area contributed by atoms with Crippen molar-refractivity contribution in [3.05, 3.63) is 19.8 Å². The minimum atomic E-state index is 0.417. The van der Waals surface area contributed by atoms with Crippen molar-refractivity contribution in [2.24, 2.45) is 0 Å². The molecule has 0 amide bonds. The molecule has 4 heteroatoms. The molecule has 0 bridgehead atoms. The van der Waals surface area contributed by atoms with Crippen molar-refractivity contribution in [2.45, 2.75) is 32.2 Å². The molecular formula is C10H13Cl2NS. The van der Waals surface area contributed by atoms with Crippen LogP contribution in [0.1, 0.15) is 36.9 Å². The summed E-state index contributed by atoms with van der Waals surface area (Å²) in [5.74, 6) is 0. The predicted octanol–water partition coefficient (Wildman–Crippen LogP) is 4.04. The van der Waals surface area contributed by atoms with Crippen LogP contribution in [-0.4, -0.2) is 6.54 Å². The average molecular weight is 250 g/mol. The van der Waals surface area contributed by atoms with Gasteiger partial charge in [-0.1, -0.05) is 30.1 Å². The van der Waals surface area contributed by atoms with E-state index in [-0.39, 0.29) is 0 Å². The van der Waals surface area contributed by atoms with E-state index >= 15 is 0 Å². The lowest BCUT2D eigenvalue weighted by Gasteiger charge is -2.24. The van der Waals surface area contributed by atoms with Crippen LogP contribution in [0, 0.1) is 0 Å². The van der Waals surface area contributed by atoms with Crippen LogP contribution in [0.25, 0.3) is 0 Å². The predicted molar refractivity (Wildman–Crippen MR) is 63.7 cm³/mol. The maximum absolute atomic E-state index is 6.19. The zero-order valence-corrected chi connectivity index (χ0v) is 10.4. The van der Waals surface area contributed by atoms with Crippen LogP contribution in [0.2, 0.25) is 8.67 Å². The Morgan fingerprint density at radius 1 is 1.43 bits per heavy atom. The van der Waals surface area contributed by atoms with Crippen LogP contribution >= 0.6 is 34.5 Å². The zero-order chi connectivity index (χ0) is 10.1. The van der Waals surface area contributed by atoms with E-state index < -0.39 is 0 Å². The van der Waals surface area contributed by atoms with Gasteiger partial charge < -0.3 is 5.32 Å². The molecule has 0 radical (unpaired) electrons. The molecule has 1 nitrogen and oxygen atoms in total. The number of rotatable bonds is 2. The number of fused-ring (bicyclic) bond motifs is 1. The molecule has 1 aromatic heterocycles. The Bertz CT molecular complexity index is 335. The van der Waals surface area contributed by atoms with Crippen LogP contribution in [0.15, 0.2) is 0 Å². The van der Waals surface area contributed by atoms with Crippen LogP contribution in [0.5, 0.6) is 0 Å². The smallest absolute Gasteiger partial charge is 0.0994 e. The Kier molecular flexibility index (Phi) is 3.38. The number of thiophene rings is 1. The second kappa shape index (κ2) is 4.40. The maximum atomic E-state index is 6.19. The van der Waals surface area contributed by atoms with Gasteiger partial charge in [-0.3, -0.25) is 0 Å². The molecular weight excluding hydrogens is 237 g/mol. The monoisotopic (exact) mass is 249 g/mol. The van der Waals surface area contributed by atoms with Gasteiger partial charge in [0.2, 0.25) is 0 Å². The van der Waals surface area contributed by atoms with Gasteiger partial charge >= 0.3 is 0 Å². The Morgan fingerprint density at radius 2 is 2.21 bits per heavy atom. The summed E-state index contributed by atoms with van der Waals surface area (Å²) in [4.78, 5) is 0. The second-order valence-corrected chi connectivity index (χ2v) is 5.77. The number of halogens is 2.